The van der Waals surface area contributed by atoms with Crippen molar-refractivity contribution in [3.05, 3.63) is 89.1 Å². The van der Waals surface area contributed by atoms with E-state index in [1.807, 2.05) is 60.4 Å². The van der Waals surface area contributed by atoms with Crippen LogP contribution < -0.4 is 10.2 Å². The second-order valence-electron chi connectivity index (χ2n) is 10.3. The molecule has 2 aliphatic rings. The average Bonchev–Trinajstić information content (AvgIpc) is 3.63. The third-order valence-electron chi connectivity index (χ3n) is 7.70. The lowest BCUT2D eigenvalue weighted by atomic mass is 9.99. The molecule has 39 heavy (non-hydrogen) atoms. The molecule has 1 fully saturated rings. The van der Waals surface area contributed by atoms with Crippen LogP contribution in [0.15, 0.2) is 89.0 Å². The van der Waals surface area contributed by atoms with Gasteiger partial charge in [0.2, 0.25) is 6.04 Å². The standard InChI is InChI=1S/C30H35N5O3S/c1-35(28(30(36)32-37)20-22-11-13-24(38-2)14-12-22)21-26(31-33-35)27-10-6-7-18-34(27)19-17-25-15-16-29(39-25)23-8-4-3-5-9-23/h3-5,8-9,11-16,21,27-28H,6-7,10,17-20H2,1-2H3,(H-,31,32,33,36,37)/p+1/t27?,28-,35?/m0/s1. The van der Waals surface area contributed by atoms with Gasteiger partial charge in [0.15, 0.2) is 0 Å². The summed E-state index contributed by atoms with van der Waals surface area (Å²) in [5.74, 6) is 0.263. The van der Waals surface area contributed by atoms with Gasteiger partial charge in [0.25, 0.3) is 0 Å². The number of amides is 1. The number of carbonyl (C=O) groups excluding carboxylic acids is 1. The number of hydroxylamine groups is 1. The van der Waals surface area contributed by atoms with Crippen LogP contribution in [0.1, 0.15) is 29.7 Å². The van der Waals surface area contributed by atoms with Crippen LogP contribution in [0.2, 0.25) is 0 Å². The van der Waals surface area contributed by atoms with E-state index in [9.17, 15) is 10.0 Å². The molecule has 8 nitrogen and oxygen atoms in total. The minimum atomic E-state index is -0.663. The first-order valence-electron chi connectivity index (χ1n) is 13.5. The van der Waals surface area contributed by atoms with Crippen molar-refractivity contribution in [2.24, 2.45) is 10.3 Å². The van der Waals surface area contributed by atoms with E-state index >= 15 is 0 Å². The Hall–Kier alpha value is -3.37. The number of hydrogen-bond donors (Lipinski definition) is 2. The molecule has 2 aromatic carbocycles. The topological polar surface area (TPSA) is 86.5 Å². The Kier molecular flexibility index (Phi) is 8.52. The summed E-state index contributed by atoms with van der Waals surface area (Å²) in [7, 11) is 3.49. The molecule has 1 saturated heterocycles. The van der Waals surface area contributed by atoms with Crippen molar-refractivity contribution in [3.8, 4) is 16.2 Å². The number of methoxy groups -OCH3 is 1. The van der Waals surface area contributed by atoms with Crippen molar-refractivity contribution >= 4 is 17.2 Å². The predicted octanol–water partition coefficient (Wildman–Crippen LogP) is 5.61. The first kappa shape index (κ1) is 27.2. The highest BCUT2D eigenvalue weighted by Gasteiger charge is 2.44. The number of likely N-dealkylation sites (N-methyl/N-ethyl adjacent to an activating group) is 1. The van der Waals surface area contributed by atoms with Gasteiger partial charge in [0.1, 0.15) is 17.6 Å². The number of thiophene rings is 1. The normalized spacial score (nSPS) is 21.9. The summed E-state index contributed by atoms with van der Waals surface area (Å²) in [6, 6.07) is 22.1. The fourth-order valence-corrected chi connectivity index (χ4v) is 6.47. The number of carbonyl (C=O) groups is 1. The lowest BCUT2D eigenvalue weighted by Crippen LogP contribution is -2.52. The molecule has 9 heteroatoms. The molecule has 0 spiro atoms. The Morgan fingerprint density at radius 2 is 1.95 bits per heavy atom. The van der Waals surface area contributed by atoms with Gasteiger partial charge in [-0.3, -0.25) is 14.9 Å². The molecular weight excluding hydrogens is 510 g/mol. The molecule has 5 rings (SSSR count). The molecule has 0 aliphatic carbocycles. The molecule has 2 N–H and O–H groups in total. The van der Waals surface area contributed by atoms with Crippen molar-refractivity contribution in [2.45, 2.75) is 44.2 Å². The number of nitrogens with one attached hydrogen (secondary N) is 1. The van der Waals surface area contributed by atoms with E-state index in [2.05, 4.69) is 51.6 Å². The summed E-state index contributed by atoms with van der Waals surface area (Å²) >= 11 is 1.86. The van der Waals surface area contributed by atoms with Crippen LogP contribution in [0.4, 0.5) is 0 Å². The van der Waals surface area contributed by atoms with Crippen LogP contribution in [-0.4, -0.2) is 59.9 Å². The van der Waals surface area contributed by atoms with Crippen LogP contribution in [0.25, 0.3) is 10.4 Å². The fourth-order valence-electron chi connectivity index (χ4n) is 5.46. The Labute approximate surface area is 233 Å². The third-order valence-corrected chi connectivity index (χ3v) is 8.89. The number of hydrogen-bond acceptors (Lipinski definition) is 7. The minimum Gasteiger partial charge on any atom is -0.497 e. The maximum atomic E-state index is 12.8. The van der Waals surface area contributed by atoms with Gasteiger partial charge in [-0.2, -0.15) is 0 Å². The smallest absolute Gasteiger partial charge is 0.304 e. The summed E-state index contributed by atoms with van der Waals surface area (Å²) in [6.07, 6.45) is 6.69. The second-order valence-corrected chi connectivity index (χ2v) is 11.5. The summed E-state index contributed by atoms with van der Waals surface area (Å²) in [5, 5.41) is 18.7. The fraction of sp³-hybridized carbons (Fsp3) is 0.367. The molecule has 3 atom stereocenters. The number of quaternary nitrogens is 1. The maximum absolute atomic E-state index is 12.8. The quantitative estimate of drug-likeness (QED) is 0.197. The van der Waals surface area contributed by atoms with Crippen LogP contribution in [0.3, 0.4) is 0 Å². The van der Waals surface area contributed by atoms with Gasteiger partial charge in [-0.15, -0.1) is 15.9 Å². The number of likely N-dealkylation sites (tertiary alicyclic amines) is 1. The van der Waals surface area contributed by atoms with Crippen LogP contribution in [-0.2, 0) is 17.6 Å². The molecule has 1 aromatic heterocycles. The highest BCUT2D eigenvalue weighted by Crippen LogP contribution is 2.33. The molecule has 2 aliphatic heterocycles. The second kappa shape index (κ2) is 12.2. The molecule has 2 unspecified atom stereocenters. The van der Waals surface area contributed by atoms with Crippen molar-refractivity contribution in [1.82, 2.24) is 10.4 Å². The Bertz CT molecular complexity index is 1320. The Morgan fingerprint density at radius 3 is 2.69 bits per heavy atom. The highest BCUT2D eigenvalue weighted by molar-refractivity contribution is 7.15. The molecular formula is C30H36N5O3S+. The maximum Gasteiger partial charge on any atom is 0.304 e. The average molecular weight is 547 g/mol. The number of benzene rings is 2. The van der Waals surface area contributed by atoms with Crippen LogP contribution in [0, 0.1) is 0 Å². The lowest BCUT2D eigenvalue weighted by molar-refractivity contribution is -0.883. The van der Waals surface area contributed by atoms with Gasteiger partial charge in [-0.1, -0.05) is 54.0 Å². The SMILES string of the molecule is COc1ccc(C[C@@H](C(=O)NO)[N+]2(C)C=C(C3CCCCN3CCc3ccc(-c4ccccc4)s3)N=N2)cc1. The van der Waals surface area contributed by atoms with Gasteiger partial charge >= 0.3 is 5.91 Å². The molecule has 1 amide bonds. The molecule has 3 aromatic rings. The monoisotopic (exact) mass is 546 g/mol. The Balaban J connectivity index is 1.29. The van der Waals surface area contributed by atoms with Gasteiger partial charge in [-0.25, -0.2) is 5.48 Å². The molecule has 0 radical (unpaired) electrons. The zero-order valence-electron chi connectivity index (χ0n) is 22.5. The molecule has 0 saturated carbocycles. The van der Waals surface area contributed by atoms with Crippen molar-refractivity contribution in [1.29, 1.82) is 0 Å². The van der Waals surface area contributed by atoms with Crippen LogP contribution in [0.5, 0.6) is 5.75 Å². The van der Waals surface area contributed by atoms with Crippen molar-refractivity contribution in [3.63, 3.8) is 0 Å². The van der Waals surface area contributed by atoms with Gasteiger partial charge in [0.05, 0.1) is 20.2 Å². The van der Waals surface area contributed by atoms with Gasteiger partial charge in [0, 0.05) is 27.9 Å². The molecule has 3 heterocycles. The van der Waals surface area contributed by atoms with E-state index in [1.165, 1.54) is 21.7 Å². The number of piperidine rings is 1. The number of rotatable bonds is 10. The zero-order chi connectivity index (χ0) is 27.2. The van der Waals surface area contributed by atoms with E-state index in [0.717, 1.165) is 49.4 Å². The molecule has 204 valence electrons. The van der Waals surface area contributed by atoms with Crippen molar-refractivity contribution in [2.75, 3.05) is 27.2 Å². The van der Waals surface area contributed by atoms with E-state index in [0.29, 0.717) is 6.42 Å². The van der Waals surface area contributed by atoms with E-state index in [1.54, 1.807) is 7.11 Å². The van der Waals surface area contributed by atoms with Gasteiger partial charge in [-0.05, 0) is 61.2 Å². The highest BCUT2D eigenvalue weighted by atomic mass is 32.1. The van der Waals surface area contributed by atoms with Gasteiger partial charge < -0.3 is 4.74 Å². The summed E-state index contributed by atoms with van der Waals surface area (Å²) < 4.78 is 5.21. The summed E-state index contributed by atoms with van der Waals surface area (Å²) in [6.45, 7) is 1.97. The van der Waals surface area contributed by atoms with Crippen LogP contribution >= 0.6 is 11.3 Å². The first-order chi connectivity index (χ1) is 19.0. The summed E-state index contributed by atoms with van der Waals surface area (Å²) in [4.78, 5) is 18.0. The largest absolute Gasteiger partial charge is 0.497 e. The Morgan fingerprint density at radius 1 is 1.15 bits per heavy atom. The first-order valence-corrected chi connectivity index (χ1v) is 14.3. The predicted molar refractivity (Wildman–Crippen MR) is 152 cm³/mol. The van der Waals surface area contributed by atoms with E-state index < -0.39 is 11.9 Å². The number of nitrogens with zero attached hydrogens (tertiary/aromatic N) is 4. The van der Waals surface area contributed by atoms with E-state index in [-0.39, 0.29) is 10.6 Å². The minimum absolute atomic E-state index is 0.0382. The third kappa shape index (κ3) is 6.28. The van der Waals surface area contributed by atoms with Crippen molar-refractivity contribution < 1.29 is 19.3 Å². The number of ether oxygens (including phenoxy) is 1. The lowest BCUT2D eigenvalue weighted by Gasteiger charge is -2.34. The van der Waals surface area contributed by atoms with E-state index in [4.69, 9.17) is 4.74 Å². The summed E-state index contributed by atoms with van der Waals surface area (Å²) in [5.41, 5.74) is 4.96. The zero-order valence-corrected chi connectivity index (χ0v) is 23.3. The molecule has 0 bridgehead atoms.